The van der Waals surface area contributed by atoms with Crippen LogP contribution < -0.4 is 5.56 Å². The van der Waals surface area contributed by atoms with E-state index >= 15 is 0 Å². The van der Waals surface area contributed by atoms with Crippen molar-refractivity contribution < 1.29 is 9.90 Å². The molecule has 4 rings (SSSR count). The zero-order chi connectivity index (χ0) is 18.8. The van der Waals surface area contributed by atoms with Crippen LogP contribution in [0.15, 0.2) is 59.4 Å². The summed E-state index contributed by atoms with van der Waals surface area (Å²) in [5, 5.41) is 11.0. The van der Waals surface area contributed by atoms with Crippen molar-refractivity contribution in [2.24, 2.45) is 0 Å². The first-order chi connectivity index (χ1) is 13.2. The number of nitrogens with zero attached hydrogens (tertiary/aromatic N) is 2. The molecule has 0 saturated carbocycles. The number of pyridine rings is 1. The molecule has 3 aromatic rings. The number of aromatic carboxylic acids is 1. The Morgan fingerprint density at radius 2 is 1.52 bits per heavy atom. The lowest BCUT2D eigenvalue weighted by molar-refractivity contribution is 0.0695. The van der Waals surface area contributed by atoms with Crippen LogP contribution in [0.3, 0.4) is 0 Å². The molecule has 2 aromatic carbocycles. The number of rotatable bonds is 4. The third kappa shape index (κ3) is 3.26. The molecule has 5 heteroatoms. The Bertz CT molecular complexity index is 1030. The molecule has 27 heavy (non-hydrogen) atoms. The van der Waals surface area contributed by atoms with Gasteiger partial charge in [-0.15, -0.1) is 0 Å². The van der Waals surface area contributed by atoms with Gasteiger partial charge >= 0.3 is 5.97 Å². The van der Waals surface area contributed by atoms with Gasteiger partial charge in [0.25, 0.3) is 5.56 Å². The standard InChI is InChI=1S/C22H22N2O3/c25-21-18-12-6-5-11-17(18)20(22(26)27)19(15-23-13-7-2-8-14-23)24(21)16-9-3-1-4-10-16/h1,3-6,9-12H,2,7-8,13-15H2,(H,26,27). The SMILES string of the molecule is O=C(O)c1c(CN2CCCCC2)n(-c2ccccc2)c(=O)c2ccccc12. The molecular formula is C22H22N2O3. The van der Waals surface area contributed by atoms with Gasteiger partial charge in [-0.1, -0.05) is 42.8 Å². The summed E-state index contributed by atoms with van der Waals surface area (Å²) in [5.74, 6) is -0.997. The number of piperidine rings is 1. The third-order valence-corrected chi connectivity index (χ3v) is 5.24. The summed E-state index contributed by atoms with van der Waals surface area (Å²) in [5.41, 5.74) is 1.30. The van der Waals surface area contributed by atoms with Crippen molar-refractivity contribution in [1.29, 1.82) is 0 Å². The first-order valence-corrected chi connectivity index (χ1v) is 9.34. The fourth-order valence-corrected chi connectivity index (χ4v) is 3.97. The number of carboxylic acid groups (broad SMARTS) is 1. The molecule has 0 amide bonds. The molecular weight excluding hydrogens is 340 g/mol. The minimum absolute atomic E-state index is 0.172. The molecule has 0 atom stereocenters. The highest BCUT2D eigenvalue weighted by atomic mass is 16.4. The predicted octanol–water partition coefficient (Wildman–Crippen LogP) is 3.67. The van der Waals surface area contributed by atoms with Crippen molar-refractivity contribution in [3.8, 4) is 5.69 Å². The molecule has 1 saturated heterocycles. The van der Waals surface area contributed by atoms with Gasteiger partial charge in [0, 0.05) is 23.0 Å². The van der Waals surface area contributed by atoms with E-state index in [1.165, 1.54) is 6.42 Å². The Morgan fingerprint density at radius 1 is 0.889 bits per heavy atom. The number of benzene rings is 2. The van der Waals surface area contributed by atoms with E-state index in [-0.39, 0.29) is 11.1 Å². The Morgan fingerprint density at radius 3 is 2.19 bits per heavy atom. The highest BCUT2D eigenvalue weighted by Crippen LogP contribution is 2.25. The molecule has 0 unspecified atom stereocenters. The summed E-state index contributed by atoms with van der Waals surface area (Å²) in [6.07, 6.45) is 3.41. The number of hydrogen-bond donors (Lipinski definition) is 1. The number of likely N-dealkylation sites (tertiary alicyclic amines) is 1. The molecule has 1 aromatic heterocycles. The van der Waals surface area contributed by atoms with Gasteiger partial charge in [0.1, 0.15) is 0 Å². The maximum Gasteiger partial charge on any atom is 0.338 e. The normalized spacial score (nSPS) is 15.1. The Balaban J connectivity index is 2.03. The summed E-state index contributed by atoms with van der Waals surface area (Å²) in [6, 6.07) is 16.3. The van der Waals surface area contributed by atoms with Gasteiger partial charge in [0.2, 0.25) is 0 Å². The van der Waals surface area contributed by atoms with E-state index in [1.807, 2.05) is 30.3 Å². The van der Waals surface area contributed by atoms with Crippen LogP contribution in [-0.2, 0) is 6.54 Å². The minimum atomic E-state index is -0.997. The summed E-state index contributed by atoms with van der Waals surface area (Å²) in [7, 11) is 0. The van der Waals surface area contributed by atoms with E-state index in [2.05, 4.69) is 4.90 Å². The molecule has 0 bridgehead atoms. The second kappa shape index (κ2) is 7.37. The molecule has 1 aliphatic rings. The Labute approximate surface area is 157 Å². The summed E-state index contributed by atoms with van der Waals surface area (Å²) < 4.78 is 1.58. The van der Waals surface area contributed by atoms with Crippen LogP contribution in [0.5, 0.6) is 0 Å². The van der Waals surface area contributed by atoms with E-state index in [0.717, 1.165) is 25.9 Å². The van der Waals surface area contributed by atoms with Crippen LogP contribution in [0.4, 0.5) is 0 Å². The van der Waals surface area contributed by atoms with Gasteiger partial charge in [-0.3, -0.25) is 14.3 Å². The molecule has 1 fully saturated rings. The monoisotopic (exact) mass is 362 g/mol. The van der Waals surface area contributed by atoms with Crippen molar-refractivity contribution in [3.05, 3.63) is 76.2 Å². The number of para-hydroxylation sites is 1. The smallest absolute Gasteiger partial charge is 0.338 e. The third-order valence-electron chi connectivity index (χ3n) is 5.24. The van der Waals surface area contributed by atoms with Crippen LogP contribution in [0, 0.1) is 0 Å². The fraction of sp³-hybridized carbons (Fsp3) is 0.273. The van der Waals surface area contributed by atoms with Crippen LogP contribution in [0.2, 0.25) is 0 Å². The second-order valence-corrected chi connectivity index (χ2v) is 6.99. The zero-order valence-electron chi connectivity index (χ0n) is 15.1. The lowest BCUT2D eigenvalue weighted by Gasteiger charge is -2.28. The van der Waals surface area contributed by atoms with Crippen molar-refractivity contribution in [3.63, 3.8) is 0 Å². The van der Waals surface area contributed by atoms with Crippen molar-refractivity contribution in [2.75, 3.05) is 13.1 Å². The van der Waals surface area contributed by atoms with Crippen LogP contribution >= 0.6 is 0 Å². The molecule has 0 radical (unpaired) electrons. The Kier molecular flexibility index (Phi) is 4.77. The maximum atomic E-state index is 13.3. The van der Waals surface area contributed by atoms with Crippen molar-refractivity contribution in [2.45, 2.75) is 25.8 Å². The topological polar surface area (TPSA) is 62.5 Å². The minimum Gasteiger partial charge on any atom is -0.478 e. The predicted molar refractivity (Wildman–Crippen MR) is 106 cm³/mol. The quantitative estimate of drug-likeness (QED) is 0.769. The molecule has 5 nitrogen and oxygen atoms in total. The average molecular weight is 362 g/mol. The van der Waals surface area contributed by atoms with Crippen LogP contribution in [0.1, 0.15) is 35.3 Å². The van der Waals surface area contributed by atoms with E-state index < -0.39 is 5.97 Å². The fourth-order valence-electron chi connectivity index (χ4n) is 3.97. The second-order valence-electron chi connectivity index (χ2n) is 6.99. The highest BCUT2D eigenvalue weighted by Gasteiger charge is 2.24. The lowest BCUT2D eigenvalue weighted by atomic mass is 10.0. The summed E-state index contributed by atoms with van der Waals surface area (Å²) in [6.45, 7) is 2.31. The van der Waals surface area contributed by atoms with Gasteiger partial charge in [0.05, 0.1) is 11.3 Å². The van der Waals surface area contributed by atoms with Crippen molar-refractivity contribution >= 4 is 16.7 Å². The lowest BCUT2D eigenvalue weighted by Crippen LogP contribution is -2.34. The number of carboxylic acids is 1. The van der Waals surface area contributed by atoms with Crippen molar-refractivity contribution in [1.82, 2.24) is 9.47 Å². The molecule has 1 N–H and O–H groups in total. The van der Waals surface area contributed by atoms with Gasteiger partial charge in [-0.05, 0) is 44.1 Å². The first-order valence-electron chi connectivity index (χ1n) is 9.34. The van der Waals surface area contributed by atoms with Crippen LogP contribution in [-0.4, -0.2) is 33.6 Å². The van der Waals surface area contributed by atoms with Gasteiger partial charge in [-0.2, -0.15) is 0 Å². The number of hydrogen-bond acceptors (Lipinski definition) is 3. The Hall–Kier alpha value is -2.92. The molecule has 0 aliphatic carbocycles. The molecule has 138 valence electrons. The molecule has 0 spiro atoms. The van der Waals surface area contributed by atoms with E-state index in [0.29, 0.717) is 28.7 Å². The van der Waals surface area contributed by atoms with E-state index in [9.17, 15) is 14.7 Å². The summed E-state index contributed by atoms with van der Waals surface area (Å²) in [4.78, 5) is 27.8. The zero-order valence-corrected chi connectivity index (χ0v) is 15.1. The number of aromatic nitrogens is 1. The maximum absolute atomic E-state index is 13.3. The van der Waals surface area contributed by atoms with E-state index in [1.54, 1.807) is 28.8 Å². The number of carbonyl (C=O) groups is 1. The van der Waals surface area contributed by atoms with E-state index in [4.69, 9.17) is 0 Å². The molecule has 1 aliphatic heterocycles. The molecule has 2 heterocycles. The largest absolute Gasteiger partial charge is 0.478 e. The average Bonchev–Trinajstić information content (AvgIpc) is 2.69. The highest BCUT2D eigenvalue weighted by molar-refractivity contribution is 6.04. The van der Waals surface area contributed by atoms with Crippen LogP contribution in [0.25, 0.3) is 16.5 Å². The summed E-state index contributed by atoms with van der Waals surface area (Å²) >= 11 is 0. The van der Waals surface area contributed by atoms with Gasteiger partial charge in [0.15, 0.2) is 0 Å². The van der Waals surface area contributed by atoms with Gasteiger partial charge < -0.3 is 5.11 Å². The van der Waals surface area contributed by atoms with Gasteiger partial charge in [-0.25, -0.2) is 4.79 Å². The first kappa shape index (κ1) is 17.5. The number of fused-ring (bicyclic) bond motifs is 1.